The van der Waals surface area contributed by atoms with Crippen molar-refractivity contribution in [1.82, 2.24) is 9.55 Å². The molecule has 1 aliphatic heterocycles. The van der Waals surface area contributed by atoms with Crippen molar-refractivity contribution in [3.05, 3.63) is 42.2 Å². The molecule has 2 N–H and O–H groups in total. The van der Waals surface area contributed by atoms with Gasteiger partial charge in [0.2, 0.25) is 5.95 Å². The summed E-state index contributed by atoms with van der Waals surface area (Å²) in [6.07, 6.45) is 4.85. The van der Waals surface area contributed by atoms with Crippen LogP contribution in [-0.4, -0.2) is 22.6 Å². The number of aromatic nitrogens is 2. The van der Waals surface area contributed by atoms with Gasteiger partial charge in [0, 0.05) is 37.6 Å². The summed E-state index contributed by atoms with van der Waals surface area (Å²) in [5.74, 6) is 1.52. The lowest BCUT2D eigenvalue weighted by atomic mass is 9.98. The van der Waals surface area contributed by atoms with Gasteiger partial charge in [0.1, 0.15) is 0 Å². The number of imidazole rings is 1. The van der Waals surface area contributed by atoms with E-state index in [-0.39, 0.29) is 0 Å². The molecule has 3 rings (SSSR count). The minimum Gasteiger partial charge on any atom is -0.330 e. The summed E-state index contributed by atoms with van der Waals surface area (Å²) < 4.78 is 2.06. The first-order valence-corrected chi connectivity index (χ1v) is 6.35. The topological polar surface area (TPSA) is 47.1 Å². The van der Waals surface area contributed by atoms with Crippen LogP contribution in [0.2, 0.25) is 0 Å². The van der Waals surface area contributed by atoms with Crippen LogP contribution in [0.5, 0.6) is 0 Å². The van der Waals surface area contributed by atoms with Gasteiger partial charge >= 0.3 is 0 Å². The minimum absolute atomic E-state index is 0.517. The van der Waals surface area contributed by atoms with Crippen molar-refractivity contribution in [3.63, 3.8) is 0 Å². The molecular weight excluding hydrogens is 224 g/mol. The van der Waals surface area contributed by atoms with E-state index in [0.717, 1.165) is 25.5 Å². The van der Waals surface area contributed by atoms with Crippen molar-refractivity contribution in [3.8, 4) is 0 Å². The number of nitrogens with two attached hydrogens (primary N) is 1. The number of nitrogens with zero attached hydrogens (tertiary/aromatic N) is 3. The Morgan fingerprint density at radius 1 is 1.39 bits per heavy atom. The van der Waals surface area contributed by atoms with E-state index >= 15 is 0 Å². The molecule has 2 aromatic rings. The van der Waals surface area contributed by atoms with Crippen LogP contribution < -0.4 is 10.6 Å². The molecule has 1 aromatic heterocycles. The molecule has 94 valence electrons. The highest BCUT2D eigenvalue weighted by atomic mass is 15.3. The average molecular weight is 242 g/mol. The zero-order valence-electron chi connectivity index (χ0n) is 10.6. The molecule has 0 amide bonds. The number of benzene rings is 1. The first-order chi connectivity index (χ1) is 8.81. The van der Waals surface area contributed by atoms with Crippen molar-refractivity contribution in [1.29, 1.82) is 0 Å². The maximum absolute atomic E-state index is 5.72. The Labute approximate surface area is 107 Å². The number of anilines is 2. The molecule has 0 radical (unpaired) electrons. The fourth-order valence-electron chi connectivity index (χ4n) is 2.75. The smallest absolute Gasteiger partial charge is 0.209 e. The van der Waals surface area contributed by atoms with E-state index in [1.165, 1.54) is 11.3 Å². The first-order valence-electron chi connectivity index (χ1n) is 6.35. The average Bonchev–Trinajstić information content (AvgIpc) is 2.95. The van der Waals surface area contributed by atoms with Crippen LogP contribution in [0.1, 0.15) is 17.9 Å². The van der Waals surface area contributed by atoms with Gasteiger partial charge in [-0.25, -0.2) is 4.98 Å². The summed E-state index contributed by atoms with van der Waals surface area (Å²) in [5, 5.41) is 0. The van der Waals surface area contributed by atoms with Crippen molar-refractivity contribution in [2.24, 2.45) is 12.8 Å². The van der Waals surface area contributed by atoms with Crippen molar-refractivity contribution in [2.45, 2.75) is 12.3 Å². The van der Waals surface area contributed by atoms with Gasteiger partial charge in [-0.05, 0) is 24.6 Å². The predicted molar refractivity (Wildman–Crippen MR) is 73.1 cm³/mol. The van der Waals surface area contributed by atoms with Gasteiger partial charge in [-0.3, -0.25) is 0 Å². The largest absolute Gasteiger partial charge is 0.330 e. The molecule has 2 heterocycles. The Morgan fingerprint density at radius 2 is 2.22 bits per heavy atom. The van der Waals surface area contributed by atoms with Gasteiger partial charge in [0.15, 0.2) is 0 Å². The molecule has 0 fully saturated rings. The predicted octanol–water partition coefficient (Wildman–Crippen LogP) is 2.00. The van der Waals surface area contributed by atoms with E-state index < -0.39 is 0 Å². The second-order valence-electron chi connectivity index (χ2n) is 4.78. The van der Waals surface area contributed by atoms with E-state index in [4.69, 9.17) is 5.73 Å². The molecule has 4 heteroatoms. The van der Waals surface area contributed by atoms with Crippen LogP contribution in [-0.2, 0) is 7.05 Å². The van der Waals surface area contributed by atoms with Crippen LogP contribution in [0, 0.1) is 0 Å². The lowest BCUT2D eigenvalue weighted by molar-refractivity contribution is 0.661. The second-order valence-corrected chi connectivity index (χ2v) is 4.78. The Morgan fingerprint density at radius 3 is 2.94 bits per heavy atom. The molecule has 0 saturated heterocycles. The Hall–Kier alpha value is -1.81. The summed E-state index contributed by atoms with van der Waals surface area (Å²) in [6, 6.07) is 8.56. The maximum Gasteiger partial charge on any atom is 0.209 e. The third-order valence-electron chi connectivity index (χ3n) is 3.62. The van der Waals surface area contributed by atoms with E-state index in [9.17, 15) is 0 Å². The summed E-state index contributed by atoms with van der Waals surface area (Å²) in [4.78, 5) is 6.74. The molecule has 0 aliphatic carbocycles. The minimum atomic E-state index is 0.517. The number of hydrogen-bond donors (Lipinski definition) is 1. The molecule has 1 aliphatic rings. The molecule has 0 spiro atoms. The van der Waals surface area contributed by atoms with Gasteiger partial charge < -0.3 is 15.2 Å². The molecule has 0 bridgehead atoms. The normalized spacial score (nSPS) is 18.1. The maximum atomic E-state index is 5.72. The molecule has 4 nitrogen and oxygen atoms in total. The molecular formula is C14H18N4. The zero-order chi connectivity index (χ0) is 12.5. The number of hydrogen-bond acceptors (Lipinski definition) is 3. The van der Waals surface area contributed by atoms with Gasteiger partial charge in [-0.2, -0.15) is 0 Å². The number of fused-ring (bicyclic) bond motifs is 1. The van der Waals surface area contributed by atoms with Crippen LogP contribution >= 0.6 is 0 Å². The highest BCUT2D eigenvalue weighted by Crippen LogP contribution is 2.41. The van der Waals surface area contributed by atoms with E-state index in [1.54, 1.807) is 0 Å². The molecule has 1 unspecified atom stereocenters. The van der Waals surface area contributed by atoms with Crippen molar-refractivity contribution in [2.75, 3.05) is 18.0 Å². The fraction of sp³-hybridized carbons (Fsp3) is 0.357. The molecule has 1 aromatic carbocycles. The number of aryl methyl sites for hydroxylation is 1. The SMILES string of the molecule is Cn1ccnc1N1CC(CCN)c2ccccc21. The van der Waals surface area contributed by atoms with Crippen LogP contribution in [0.4, 0.5) is 11.6 Å². The standard InChI is InChI=1S/C14H18N4/c1-17-9-8-16-14(17)18-10-11(6-7-15)12-4-2-3-5-13(12)18/h2-5,8-9,11H,6-7,10,15H2,1H3. The molecule has 18 heavy (non-hydrogen) atoms. The van der Waals surface area contributed by atoms with Crippen LogP contribution in [0.3, 0.4) is 0 Å². The van der Waals surface area contributed by atoms with Gasteiger partial charge in [-0.1, -0.05) is 18.2 Å². The highest BCUT2D eigenvalue weighted by Gasteiger charge is 2.30. The van der Waals surface area contributed by atoms with E-state index in [0.29, 0.717) is 5.92 Å². The lowest BCUT2D eigenvalue weighted by Crippen LogP contribution is -2.20. The Kier molecular flexibility index (Phi) is 2.80. The third kappa shape index (κ3) is 1.69. The summed E-state index contributed by atoms with van der Waals surface area (Å²) in [7, 11) is 2.03. The van der Waals surface area contributed by atoms with Crippen molar-refractivity contribution < 1.29 is 0 Å². The van der Waals surface area contributed by atoms with Gasteiger partial charge in [0.05, 0.1) is 0 Å². The fourth-order valence-corrected chi connectivity index (χ4v) is 2.75. The third-order valence-corrected chi connectivity index (χ3v) is 3.62. The highest BCUT2D eigenvalue weighted by molar-refractivity contribution is 5.67. The number of rotatable bonds is 3. The van der Waals surface area contributed by atoms with Crippen molar-refractivity contribution >= 4 is 11.6 Å². The zero-order valence-corrected chi connectivity index (χ0v) is 10.6. The Bertz CT molecular complexity index is 546. The molecule has 0 saturated carbocycles. The van der Waals surface area contributed by atoms with Crippen LogP contribution in [0.15, 0.2) is 36.7 Å². The van der Waals surface area contributed by atoms with Gasteiger partial charge in [0.25, 0.3) is 0 Å². The van der Waals surface area contributed by atoms with Gasteiger partial charge in [-0.15, -0.1) is 0 Å². The summed E-state index contributed by atoms with van der Waals surface area (Å²) in [6.45, 7) is 1.70. The van der Waals surface area contributed by atoms with Crippen LogP contribution in [0.25, 0.3) is 0 Å². The number of para-hydroxylation sites is 1. The quantitative estimate of drug-likeness (QED) is 0.895. The Balaban J connectivity index is 2.02. The van der Waals surface area contributed by atoms with E-state index in [2.05, 4.69) is 38.7 Å². The summed E-state index contributed by atoms with van der Waals surface area (Å²) >= 11 is 0. The lowest BCUT2D eigenvalue weighted by Gasteiger charge is -2.18. The first kappa shape index (κ1) is 11.3. The monoisotopic (exact) mass is 242 g/mol. The molecule has 1 atom stereocenters. The summed E-state index contributed by atoms with van der Waals surface area (Å²) in [5.41, 5.74) is 8.38. The van der Waals surface area contributed by atoms with E-state index in [1.807, 2.05) is 19.4 Å². The second kappa shape index (κ2) is 4.46.